The number of carbonyl (C=O) groups is 1. The smallest absolute Gasteiger partial charge is 0.342 e. The number of hydrogen-bond acceptors (Lipinski definition) is 4. The van der Waals surface area contributed by atoms with E-state index in [9.17, 15) is 18.0 Å². The van der Waals surface area contributed by atoms with Crippen LogP contribution in [-0.2, 0) is 19.1 Å². The van der Waals surface area contributed by atoms with Gasteiger partial charge in [-0.15, -0.1) is 11.3 Å². The zero-order chi connectivity index (χ0) is 26.0. The van der Waals surface area contributed by atoms with Gasteiger partial charge in [-0.1, -0.05) is 36.4 Å². The fourth-order valence-electron chi connectivity index (χ4n) is 4.68. The lowest BCUT2D eigenvalue weighted by atomic mass is 10.1. The van der Waals surface area contributed by atoms with E-state index in [1.807, 2.05) is 41.5 Å². The molecule has 0 bridgehead atoms. The molecule has 2 aromatic carbocycles. The monoisotopic (exact) mass is 524 g/mol. The zero-order valence-corrected chi connectivity index (χ0v) is 21.2. The maximum Gasteiger partial charge on any atom is 0.416 e. The van der Waals surface area contributed by atoms with Crippen LogP contribution in [0, 0.1) is 6.92 Å². The third-order valence-corrected chi connectivity index (χ3v) is 7.42. The van der Waals surface area contributed by atoms with Crippen LogP contribution in [0.25, 0.3) is 11.4 Å². The molecule has 0 radical (unpaired) electrons. The van der Waals surface area contributed by atoms with Crippen molar-refractivity contribution in [3.05, 3.63) is 88.4 Å². The summed E-state index contributed by atoms with van der Waals surface area (Å²) >= 11 is 1.31. The largest absolute Gasteiger partial charge is 0.416 e. The van der Waals surface area contributed by atoms with Crippen molar-refractivity contribution in [1.29, 1.82) is 0 Å². The average Bonchev–Trinajstić information content (AvgIpc) is 3.64. The van der Waals surface area contributed by atoms with Gasteiger partial charge in [0.2, 0.25) is 0 Å². The minimum Gasteiger partial charge on any atom is -0.342 e. The molecule has 0 atom stereocenters. The average molecular weight is 525 g/mol. The molecule has 192 valence electrons. The van der Waals surface area contributed by atoms with Crippen molar-refractivity contribution in [3.8, 4) is 11.4 Å². The van der Waals surface area contributed by atoms with Crippen LogP contribution >= 0.6 is 11.3 Å². The number of halogens is 3. The number of aromatic nitrogens is 2. The first-order chi connectivity index (χ1) is 17.8. The van der Waals surface area contributed by atoms with Crippen LogP contribution in [0.2, 0.25) is 0 Å². The first-order valence-electron chi connectivity index (χ1n) is 12.2. The minimum atomic E-state index is -4.42. The number of aryl methyl sites for hydroxylation is 1. The quantitative estimate of drug-likeness (QED) is 0.279. The summed E-state index contributed by atoms with van der Waals surface area (Å²) in [7, 11) is 0. The molecule has 4 aromatic rings. The number of alkyl halides is 3. The Morgan fingerprint density at radius 1 is 1.05 bits per heavy atom. The Bertz CT molecular complexity index is 1390. The maximum absolute atomic E-state index is 13.3. The lowest BCUT2D eigenvalue weighted by Crippen LogP contribution is -2.28. The van der Waals surface area contributed by atoms with E-state index in [1.54, 1.807) is 6.07 Å². The Morgan fingerprint density at radius 3 is 2.54 bits per heavy atom. The third kappa shape index (κ3) is 5.56. The van der Waals surface area contributed by atoms with E-state index >= 15 is 0 Å². The SMILES string of the molecule is Cc1c(C(=O)N2CCCC2)cc(-c2csc(Nc3cccc(C(F)(F)F)c3)n2)n1CCc1ccccc1. The van der Waals surface area contributed by atoms with Gasteiger partial charge in [-0.05, 0) is 56.0 Å². The predicted molar refractivity (Wildman–Crippen MR) is 140 cm³/mol. The standard InChI is InChI=1S/C28H27F3N4OS/c1-19-23(26(36)34-13-5-6-14-34)17-25(35(19)15-12-20-8-3-2-4-9-20)24-18-37-27(33-24)32-22-11-7-10-21(16-22)28(29,30)31/h2-4,7-11,16-18H,5-6,12-15H2,1H3,(H,32,33). The Kier molecular flexibility index (Phi) is 7.06. The van der Waals surface area contributed by atoms with Crippen molar-refractivity contribution in [3.63, 3.8) is 0 Å². The number of nitrogens with one attached hydrogen (secondary N) is 1. The van der Waals surface area contributed by atoms with Gasteiger partial charge in [0, 0.05) is 36.4 Å². The summed E-state index contributed by atoms with van der Waals surface area (Å²) in [5.41, 5.74) is 3.86. The Hall–Kier alpha value is -3.59. The lowest BCUT2D eigenvalue weighted by Gasteiger charge is -2.15. The normalized spacial score (nSPS) is 13.8. The third-order valence-electron chi connectivity index (χ3n) is 6.66. The van der Waals surface area contributed by atoms with Gasteiger partial charge >= 0.3 is 6.18 Å². The van der Waals surface area contributed by atoms with Crippen LogP contribution in [0.1, 0.15) is 40.0 Å². The number of amides is 1. The highest BCUT2D eigenvalue weighted by Crippen LogP contribution is 2.34. The molecule has 5 nitrogen and oxygen atoms in total. The van der Waals surface area contributed by atoms with Gasteiger partial charge in [0.15, 0.2) is 5.13 Å². The number of benzene rings is 2. The summed E-state index contributed by atoms with van der Waals surface area (Å²) in [4.78, 5) is 19.9. The first kappa shape index (κ1) is 25.1. The van der Waals surface area contributed by atoms with Gasteiger partial charge in [0.25, 0.3) is 5.91 Å². The van der Waals surface area contributed by atoms with Crippen LogP contribution in [0.3, 0.4) is 0 Å². The van der Waals surface area contributed by atoms with Gasteiger partial charge in [-0.25, -0.2) is 4.98 Å². The molecule has 1 amide bonds. The molecule has 3 heterocycles. The molecule has 1 aliphatic heterocycles. The van der Waals surface area contributed by atoms with Crippen molar-refractivity contribution in [2.24, 2.45) is 0 Å². The molecule has 1 aliphatic rings. The van der Waals surface area contributed by atoms with E-state index in [0.717, 1.165) is 55.9 Å². The van der Waals surface area contributed by atoms with Gasteiger partial charge in [0.1, 0.15) is 0 Å². The highest BCUT2D eigenvalue weighted by atomic mass is 32.1. The molecular weight excluding hydrogens is 497 g/mol. The summed E-state index contributed by atoms with van der Waals surface area (Å²) in [6.07, 6.45) is -1.59. The number of rotatable bonds is 7. The summed E-state index contributed by atoms with van der Waals surface area (Å²) < 4.78 is 41.5. The van der Waals surface area contributed by atoms with E-state index in [0.29, 0.717) is 28.6 Å². The molecule has 0 spiro atoms. The van der Waals surface area contributed by atoms with Gasteiger partial charge < -0.3 is 14.8 Å². The topological polar surface area (TPSA) is 50.2 Å². The number of carbonyl (C=O) groups excluding carboxylic acids is 1. The molecule has 1 N–H and O–H groups in total. The van der Waals surface area contributed by atoms with Gasteiger partial charge in [-0.3, -0.25) is 4.79 Å². The van der Waals surface area contributed by atoms with Gasteiger partial charge in [0.05, 0.1) is 22.5 Å². The van der Waals surface area contributed by atoms with E-state index in [-0.39, 0.29) is 5.91 Å². The van der Waals surface area contributed by atoms with Crippen molar-refractivity contribution >= 4 is 28.1 Å². The predicted octanol–water partition coefficient (Wildman–Crippen LogP) is 7.16. The van der Waals surface area contributed by atoms with Gasteiger partial charge in [-0.2, -0.15) is 13.2 Å². The Labute approximate surface area is 217 Å². The molecule has 0 unspecified atom stereocenters. The minimum absolute atomic E-state index is 0.0345. The van der Waals surface area contributed by atoms with E-state index in [2.05, 4.69) is 27.0 Å². The molecular formula is C28H27F3N4OS. The molecule has 1 fully saturated rings. The van der Waals surface area contributed by atoms with Crippen molar-refractivity contribution in [2.45, 2.75) is 38.9 Å². The van der Waals surface area contributed by atoms with Crippen LogP contribution in [0.5, 0.6) is 0 Å². The second kappa shape index (κ2) is 10.4. The molecule has 2 aromatic heterocycles. The number of hydrogen-bond donors (Lipinski definition) is 1. The van der Waals surface area contributed by atoms with E-state index in [1.165, 1.54) is 23.0 Å². The van der Waals surface area contributed by atoms with Crippen LogP contribution in [0.4, 0.5) is 24.0 Å². The number of likely N-dealkylation sites (tertiary alicyclic amines) is 1. The zero-order valence-electron chi connectivity index (χ0n) is 20.4. The molecule has 0 aliphatic carbocycles. The van der Waals surface area contributed by atoms with Crippen LogP contribution < -0.4 is 5.32 Å². The Balaban J connectivity index is 1.45. The molecule has 9 heteroatoms. The first-order valence-corrected chi connectivity index (χ1v) is 13.1. The summed E-state index contributed by atoms with van der Waals surface area (Å²) in [6, 6.07) is 17.1. The van der Waals surface area contributed by atoms with E-state index in [4.69, 9.17) is 0 Å². The maximum atomic E-state index is 13.3. The summed E-state index contributed by atoms with van der Waals surface area (Å²) in [5, 5.41) is 5.35. The highest BCUT2D eigenvalue weighted by molar-refractivity contribution is 7.14. The fraction of sp³-hybridized carbons (Fsp3) is 0.286. The highest BCUT2D eigenvalue weighted by Gasteiger charge is 2.30. The van der Waals surface area contributed by atoms with Crippen molar-refractivity contribution < 1.29 is 18.0 Å². The Morgan fingerprint density at radius 2 is 1.81 bits per heavy atom. The van der Waals surface area contributed by atoms with Crippen molar-refractivity contribution in [2.75, 3.05) is 18.4 Å². The molecule has 1 saturated heterocycles. The lowest BCUT2D eigenvalue weighted by molar-refractivity contribution is -0.137. The molecule has 5 rings (SSSR count). The van der Waals surface area contributed by atoms with Crippen LogP contribution in [-0.4, -0.2) is 33.4 Å². The summed E-state index contributed by atoms with van der Waals surface area (Å²) in [6.45, 7) is 4.17. The van der Waals surface area contributed by atoms with Crippen LogP contribution in [0.15, 0.2) is 66.0 Å². The van der Waals surface area contributed by atoms with Crippen molar-refractivity contribution in [1.82, 2.24) is 14.5 Å². The summed E-state index contributed by atoms with van der Waals surface area (Å²) in [5.74, 6) is 0.0345. The molecule has 37 heavy (non-hydrogen) atoms. The number of thiazole rings is 1. The number of nitrogens with zero attached hydrogens (tertiary/aromatic N) is 3. The second-order valence-corrected chi connectivity index (χ2v) is 10.0. The molecule has 0 saturated carbocycles. The second-order valence-electron chi connectivity index (χ2n) is 9.16. The van der Waals surface area contributed by atoms with E-state index < -0.39 is 11.7 Å². The number of anilines is 2. The fourth-order valence-corrected chi connectivity index (χ4v) is 5.41.